The second-order valence-electron chi connectivity index (χ2n) is 7.74. The molecule has 2 N–H and O–H groups in total. The van der Waals surface area contributed by atoms with E-state index in [-0.39, 0.29) is 6.61 Å². The molecular formula is C22H26N8O2. The van der Waals surface area contributed by atoms with Crippen LogP contribution < -0.4 is 10.2 Å². The van der Waals surface area contributed by atoms with Gasteiger partial charge in [-0.2, -0.15) is 15.2 Å². The van der Waals surface area contributed by atoms with E-state index in [1.165, 1.54) is 5.69 Å². The second kappa shape index (κ2) is 9.33. The number of nitrogens with zero attached hydrogens (tertiary/aromatic N) is 7. The van der Waals surface area contributed by atoms with Crippen LogP contribution >= 0.6 is 0 Å². The van der Waals surface area contributed by atoms with Crippen molar-refractivity contribution in [1.29, 1.82) is 0 Å². The largest absolute Gasteiger partial charge is 0.396 e. The number of ether oxygens (including phenoxy) is 1. The molecule has 0 saturated carbocycles. The van der Waals surface area contributed by atoms with Crippen LogP contribution in [0.4, 0.5) is 17.3 Å². The third-order valence-electron chi connectivity index (χ3n) is 5.43. The zero-order valence-corrected chi connectivity index (χ0v) is 17.8. The molecule has 1 aliphatic heterocycles. The van der Waals surface area contributed by atoms with Crippen LogP contribution in [0.15, 0.2) is 49.1 Å². The number of fused-ring (bicyclic) bond motifs is 1. The number of aliphatic hydroxyl groups excluding tert-OH is 1. The highest BCUT2D eigenvalue weighted by Crippen LogP contribution is 2.20. The lowest BCUT2D eigenvalue weighted by atomic mass is 10.2. The van der Waals surface area contributed by atoms with Crippen LogP contribution in [0, 0.1) is 0 Å². The smallest absolute Gasteiger partial charge is 0.229 e. The Balaban J connectivity index is 1.33. The van der Waals surface area contributed by atoms with Crippen LogP contribution in [-0.2, 0) is 17.8 Å². The maximum Gasteiger partial charge on any atom is 0.229 e. The highest BCUT2D eigenvalue weighted by molar-refractivity contribution is 5.75. The van der Waals surface area contributed by atoms with Crippen LogP contribution in [0.1, 0.15) is 12.0 Å². The number of hydrogen-bond donors (Lipinski definition) is 2. The normalized spacial score (nSPS) is 14.2. The van der Waals surface area contributed by atoms with Crippen molar-refractivity contribution in [3.8, 4) is 0 Å². The summed E-state index contributed by atoms with van der Waals surface area (Å²) in [6, 6.07) is 8.54. The van der Waals surface area contributed by atoms with Crippen molar-refractivity contribution in [2.75, 3.05) is 43.1 Å². The lowest BCUT2D eigenvalue weighted by Crippen LogP contribution is -2.36. The van der Waals surface area contributed by atoms with E-state index in [0.717, 1.165) is 48.6 Å². The standard InChI is InChI=1S/C22H26N8O2/c31-8-2-5-29-16-19(14-24-29)26-22-23-12-18-13-25-30(21(18)27-22)15-17-3-1-4-20(11-17)28-6-9-32-10-7-28/h1,3-4,11-14,16,31H,2,5-10,15H2,(H,23,26,27). The minimum absolute atomic E-state index is 0.141. The maximum absolute atomic E-state index is 8.97. The molecule has 1 saturated heterocycles. The molecule has 0 aliphatic carbocycles. The lowest BCUT2D eigenvalue weighted by molar-refractivity contribution is 0.122. The maximum atomic E-state index is 8.97. The first-order valence-electron chi connectivity index (χ1n) is 10.8. The first kappa shape index (κ1) is 20.4. The molecule has 0 unspecified atom stereocenters. The highest BCUT2D eigenvalue weighted by Gasteiger charge is 2.13. The van der Waals surface area contributed by atoms with E-state index < -0.39 is 0 Å². The minimum atomic E-state index is 0.141. The van der Waals surface area contributed by atoms with Gasteiger partial charge in [-0.3, -0.25) is 4.68 Å². The van der Waals surface area contributed by atoms with E-state index in [0.29, 0.717) is 25.5 Å². The quantitative estimate of drug-likeness (QED) is 0.434. The summed E-state index contributed by atoms with van der Waals surface area (Å²) in [4.78, 5) is 11.4. The van der Waals surface area contributed by atoms with Crippen molar-refractivity contribution < 1.29 is 9.84 Å². The number of rotatable bonds is 8. The van der Waals surface area contributed by atoms with Gasteiger partial charge in [0.2, 0.25) is 5.95 Å². The summed E-state index contributed by atoms with van der Waals surface area (Å²) >= 11 is 0. The number of aliphatic hydroxyl groups is 1. The van der Waals surface area contributed by atoms with Crippen LogP contribution in [0.5, 0.6) is 0 Å². The number of aromatic nitrogens is 6. The summed E-state index contributed by atoms with van der Waals surface area (Å²) in [5, 5.41) is 21.9. The van der Waals surface area contributed by atoms with Gasteiger partial charge in [0.25, 0.3) is 0 Å². The Labute approximate surface area is 185 Å². The molecule has 1 fully saturated rings. The van der Waals surface area contributed by atoms with E-state index in [4.69, 9.17) is 9.84 Å². The zero-order valence-electron chi connectivity index (χ0n) is 17.8. The lowest BCUT2D eigenvalue weighted by Gasteiger charge is -2.29. The molecule has 166 valence electrons. The molecule has 32 heavy (non-hydrogen) atoms. The van der Waals surface area contributed by atoms with Gasteiger partial charge < -0.3 is 20.1 Å². The van der Waals surface area contributed by atoms with Gasteiger partial charge in [0.15, 0.2) is 5.65 Å². The number of nitrogens with one attached hydrogen (secondary N) is 1. The number of hydrogen-bond acceptors (Lipinski definition) is 8. The van der Waals surface area contributed by atoms with E-state index in [1.54, 1.807) is 23.3 Å². The van der Waals surface area contributed by atoms with Crippen molar-refractivity contribution in [2.24, 2.45) is 0 Å². The molecule has 0 spiro atoms. The fourth-order valence-corrected chi connectivity index (χ4v) is 3.80. The number of morpholine rings is 1. The van der Waals surface area contributed by atoms with Gasteiger partial charge in [-0.1, -0.05) is 12.1 Å². The van der Waals surface area contributed by atoms with E-state index in [9.17, 15) is 0 Å². The average molecular weight is 435 g/mol. The average Bonchev–Trinajstić information content (AvgIpc) is 3.45. The van der Waals surface area contributed by atoms with E-state index >= 15 is 0 Å². The molecule has 0 radical (unpaired) electrons. The SMILES string of the molecule is OCCCn1cc(Nc2ncc3cnn(Cc4cccc(N5CCOCC5)c4)c3n2)cn1. The Morgan fingerprint density at radius 2 is 2.00 bits per heavy atom. The van der Waals surface area contributed by atoms with Gasteiger partial charge in [0.1, 0.15) is 0 Å². The molecule has 1 aliphatic rings. The third kappa shape index (κ3) is 4.56. The van der Waals surface area contributed by atoms with Gasteiger partial charge in [0, 0.05) is 44.3 Å². The number of aryl methyl sites for hydroxylation is 1. The van der Waals surface area contributed by atoms with Crippen LogP contribution in [0.3, 0.4) is 0 Å². The number of anilines is 3. The Morgan fingerprint density at radius 1 is 1.09 bits per heavy atom. The molecule has 0 bridgehead atoms. The zero-order chi connectivity index (χ0) is 21.8. The van der Waals surface area contributed by atoms with Gasteiger partial charge in [-0.25, -0.2) is 9.67 Å². The molecule has 5 rings (SSSR count). The molecule has 4 aromatic rings. The Bertz CT molecular complexity index is 1180. The minimum Gasteiger partial charge on any atom is -0.396 e. The highest BCUT2D eigenvalue weighted by atomic mass is 16.5. The fraction of sp³-hybridized carbons (Fsp3) is 0.364. The Kier molecular flexibility index (Phi) is 5.95. The summed E-state index contributed by atoms with van der Waals surface area (Å²) < 4.78 is 9.14. The van der Waals surface area contributed by atoms with Crippen molar-refractivity contribution in [3.63, 3.8) is 0 Å². The van der Waals surface area contributed by atoms with Gasteiger partial charge >= 0.3 is 0 Å². The van der Waals surface area contributed by atoms with Crippen LogP contribution in [0.25, 0.3) is 11.0 Å². The summed E-state index contributed by atoms with van der Waals surface area (Å²) in [6.07, 6.45) is 7.82. The van der Waals surface area contributed by atoms with Gasteiger partial charge in [-0.15, -0.1) is 0 Å². The third-order valence-corrected chi connectivity index (χ3v) is 5.43. The summed E-state index contributed by atoms with van der Waals surface area (Å²) in [5.74, 6) is 0.489. The van der Waals surface area contributed by atoms with Crippen LogP contribution in [-0.4, -0.2) is 67.5 Å². The summed E-state index contributed by atoms with van der Waals surface area (Å²) in [7, 11) is 0. The molecule has 4 heterocycles. The summed E-state index contributed by atoms with van der Waals surface area (Å²) in [6.45, 7) is 4.77. The predicted molar refractivity (Wildman–Crippen MR) is 121 cm³/mol. The first-order chi connectivity index (χ1) is 15.8. The van der Waals surface area contributed by atoms with Crippen molar-refractivity contribution in [1.82, 2.24) is 29.5 Å². The van der Waals surface area contributed by atoms with Gasteiger partial charge in [-0.05, 0) is 24.1 Å². The predicted octanol–water partition coefficient (Wildman–Crippen LogP) is 2.03. The van der Waals surface area contributed by atoms with E-state index in [1.807, 2.05) is 10.9 Å². The summed E-state index contributed by atoms with van der Waals surface area (Å²) in [5.41, 5.74) is 3.94. The Hall–Kier alpha value is -3.50. The number of benzene rings is 1. The van der Waals surface area contributed by atoms with Gasteiger partial charge in [0.05, 0.1) is 43.2 Å². The molecular weight excluding hydrogens is 408 g/mol. The molecule has 0 atom stereocenters. The molecule has 1 aromatic carbocycles. The molecule has 10 heteroatoms. The van der Waals surface area contributed by atoms with Crippen molar-refractivity contribution >= 4 is 28.4 Å². The van der Waals surface area contributed by atoms with Crippen molar-refractivity contribution in [3.05, 3.63) is 54.6 Å². The monoisotopic (exact) mass is 434 g/mol. The first-order valence-corrected chi connectivity index (χ1v) is 10.8. The van der Waals surface area contributed by atoms with Crippen LogP contribution in [0.2, 0.25) is 0 Å². The Morgan fingerprint density at radius 3 is 2.88 bits per heavy atom. The van der Waals surface area contributed by atoms with Crippen molar-refractivity contribution in [2.45, 2.75) is 19.5 Å². The fourth-order valence-electron chi connectivity index (χ4n) is 3.80. The topological polar surface area (TPSA) is 106 Å². The molecule has 10 nitrogen and oxygen atoms in total. The second-order valence-corrected chi connectivity index (χ2v) is 7.74. The van der Waals surface area contributed by atoms with E-state index in [2.05, 4.69) is 54.6 Å². The molecule has 3 aromatic heterocycles. The molecule has 0 amide bonds.